The van der Waals surface area contributed by atoms with Crippen LogP contribution in [0, 0.1) is 0 Å². The predicted molar refractivity (Wildman–Crippen MR) is 65.1 cm³/mol. The monoisotopic (exact) mass is 280 g/mol. The van der Waals surface area contributed by atoms with Gasteiger partial charge in [-0.3, -0.25) is 9.89 Å². The van der Waals surface area contributed by atoms with Crippen LogP contribution in [0.4, 0.5) is 11.5 Å². The number of nitrogens with two attached hydrogens (primary N) is 1. The third-order valence-corrected chi connectivity index (χ3v) is 2.54. The average Bonchev–Trinajstić information content (AvgIpc) is 2.68. The van der Waals surface area contributed by atoms with Crippen LogP contribution < -0.4 is 11.1 Å². The highest BCUT2D eigenvalue weighted by atomic mass is 79.9. The fourth-order valence-corrected chi connectivity index (χ4v) is 1.47. The first-order valence-corrected chi connectivity index (χ1v) is 5.32. The second-order valence-electron chi connectivity index (χ2n) is 3.16. The molecule has 0 saturated carbocycles. The van der Waals surface area contributed by atoms with Gasteiger partial charge in [0.25, 0.3) is 5.91 Å². The Morgan fingerprint density at radius 3 is 2.62 bits per heavy atom. The van der Waals surface area contributed by atoms with Gasteiger partial charge in [-0.25, -0.2) is 0 Å². The predicted octanol–water partition coefficient (Wildman–Crippen LogP) is 2.01. The van der Waals surface area contributed by atoms with E-state index in [0.717, 1.165) is 4.47 Å². The number of benzene rings is 1. The topological polar surface area (TPSA) is 83.8 Å². The van der Waals surface area contributed by atoms with Gasteiger partial charge in [-0.15, -0.1) is 0 Å². The van der Waals surface area contributed by atoms with Gasteiger partial charge >= 0.3 is 0 Å². The number of aromatic amines is 1. The lowest BCUT2D eigenvalue weighted by Crippen LogP contribution is -2.12. The third kappa shape index (κ3) is 2.22. The number of carbonyl (C=O) groups excluding carboxylic acids is 1. The van der Waals surface area contributed by atoms with E-state index in [1.807, 2.05) is 12.1 Å². The third-order valence-electron chi connectivity index (χ3n) is 2.02. The lowest BCUT2D eigenvalue weighted by atomic mass is 10.2. The van der Waals surface area contributed by atoms with E-state index in [-0.39, 0.29) is 11.7 Å². The number of H-pyrrole nitrogens is 1. The number of halogens is 1. The number of carbonyl (C=O) groups is 1. The normalized spacial score (nSPS) is 10.1. The first-order valence-electron chi connectivity index (χ1n) is 4.52. The van der Waals surface area contributed by atoms with Crippen molar-refractivity contribution >= 4 is 33.3 Å². The first-order chi connectivity index (χ1) is 7.66. The molecule has 0 radical (unpaired) electrons. The molecule has 16 heavy (non-hydrogen) atoms. The highest BCUT2D eigenvalue weighted by Gasteiger charge is 2.11. The summed E-state index contributed by atoms with van der Waals surface area (Å²) in [5, 5.41) is 8.90. The zero-order valence-electron chi connectivity index (χ0n) is 8.20. The number of rotatable bonds is 2. The number of nitrogens with zero attached hydrogens (tertiary/aromatic N) is 1. The van der Waals surface area contributed by atoms with E-state index in [1.54, 1.807) is 12.1 Å². The number of nitrogen functional groups attached to an aromatic ring is 1. The second-order valence-corrected chi connectivity index (χ2v) is 4.07. The first kappa shape index (κ1) is 10.7. The highest BCUT2D eigenvalue weighted by molar-refractivity contribution is 9.10. The number of aromatic nitrogens is 2. The van der Waals surface area contributed by atoms with E-state index in [9.17, 15) is 4.79 Å². The van der Waals surface area contributed by atoms with E-state index < -0.39 is 0 Å². The van der Waals surface area contributed by atoms with Gasteiger partial charge in [-0.1, -0.05) is 15.9 Å². The van der Waals surface area contributed by atoms with Crippen LogP contribution in [0.5, 0.6) is 0 Å². The van der Waals surface area contributed by atoms with Gasteiger partial charge in [0.15, 0.2) is 0 Å². The molecule has 4 N–H and O–H groups in total. The minimum absolute atomic E-state index is 0.259. The van der Waals surface area contributed by atoms with Gasteiger partial charge < -0.3 is 11.1 Å². The van der Waals surface area contributed by atoms with Gasteiger partial charge in [0.05, 0.1) is 6.20 Å². The lowest BCUT2D eigenvalue weighted by Gasteiger charge is -2.03. The quantitative estimate of drug-likeness (QED) is 0.787. The van der Waals surface area contributed by atoms with Crippen LogP contribution in [0.25, 0.3) is 0 Å². The molecule has 2 aromatic rings. The smallest absolute Gasteiger partial charge is 0.261 e. The van der Waals surface area contributed by atoms with Crippen molar-refractivity contribution in [2.24, 2.45) is 0 Å². The summed E-state index contributed by atoms with van der Waals surface area (Å²) in [6.07, 6.45) is 1.39. The summed E-state index contributed by atoms with van der Waals surface area (Å²) in [4.78, 5) is 11.7. The molecule has 0 unspecified atom stereocenters. The second kappa shape index (κ2) is 4.36. The SMILES string of the molecule is Nc1[nH]ncc1C(=O)Nc1ccc(Br)cc1. The zero-order valence-corrected chi connectivity index (χ0v) is 9.78. The molecule has 0 spiro atoms. The highest BCUT2D eigenvalue weighted by Crippen LogP contribution is 2.15. The Labute approximate surface area is 100 Å². The summed E-state index contributed by atoms with van der Waals surface area (Å²) in [5.74, 6) is -0.0248. The molecule has 0 aliphatic carbocycles. The molecular weight excluding hydrogens is 272 g/mol. The molecule has 5 nitrogen and oxygen atoms in total. The van der Waals surface area contributed by atoms with Crippen LogP contribution >= 0.6 is 15.9 Å². The Morgan fingerprint density at radius 2 is 2.06 bits per heavy atom. The summed E-state index contributed by atoms with van der Waals surface area (Å²) in [5.41, 5.74) is 6.57. The molecule has 2 rings (SSSR count). The fourth-order valence-electron chi connectivity index (χ4n) is 1.21. The molecule has 0 aliphatic heterocycles. The van der Waals surface area contributed by atoms with Gasteiger partial charge in [0.2, 0.25) is 0 Å². The lowest BCUT2D eigenvalue weighted by molar-refractivity contribution is 0.102. The molecule has 0 atom stereocenters. The number of nitrogens with one attached hydrogen (secondary N) is 2. The molecule has 0 fully saturated rings. The van der Waals surface area contributed by atoms with Gasteiger partial charge in [-0.05, 0) is 24.3 Å². The van der Waals surface area contributed by atoms with E-state index in [2.05, 4.69) is 31.4 Å². The maximum Gasteiger partial charge on any atom is 0.261 e. The molecule has 82 valence electrons. The van der Waals surface area contributed by atoms with E-state index in [4.69, 9.17) is 5.73 Å². The van der Waals surface area contributed by atoms with Gasteiger partial charge in [0.1, 0.15) is 11.4 Å². The van der Waals surface area contributed by atoms with Crippen molar-refractivity contribution in [2.75, 3.05) is 11.1 Å². The molecule has 0 aliphatic rings. The van der Waals surface area contributed by atoms with Crippen LogP contribution in [-0.2, 0) is 0 Å². The Bertz CT molecular complexity index is 506. The Kier molecular flexibility index (Phi) is 2.91. The summed E-state index contributed by atoms with van der Waals surface area (Å²) >= 11 is 3.31. The van der Waals surface area contributed by atoms with Crippen LogP contribution in [0.15, 0.2) is 34.9 Å². The number of amides is 1. The number of anilines is 2. The molecular formula is C10H9BrN4O. The molecule has 1 aromatic heterocycles. The molecule has 1 aromatic carbocycles. The van der Waals surface area contributed by atoms with Gasteiger partial charge in [0, 0.05) is 10.2 Å². The Hall–Kier alpha value is -1.82. The van der Waals surface area contributed by atoms with E-state index >= 15 is 0 Å². The van der Waals surface area contributed by atoms with Crippen LogP contribution in [0.3, 0.4) is 0 Å². The van der Waals surface area contributed by atoms with Crippen molar-refractivity contribution in [1.29, 1.82) is 0 Å². The summed E-state index contributed by atoms with van der Waals surface area (Å²) in [7, 11) is 0. The van der Waals surface area contributed by atoms with Crippen molar-refractivity contribution in [3.05, 3.63) is 40.5 Å². The Morgan fingerprint density at radius 1 is 1.38 bits per heavy atom. The van der Waals surface area contributed by atoms with Crippen molar-refractivity contribution in [3.63, 3.8) is 0 Å². The summed E-state index contributed by atoms with van der Waals surface area (Å²) in [6.45, 7) is 0. The molecule has 6 heteroatoms. The maximum atomic E-state index is 11.7. The minimum Gasteiger partial charge on any atom is -0.383 e. The minimum atomic E-state index is -0.284. The summed E-state index contributed by atoms with van der Waals surface area (Å²) in [6, 6.07) is 7.26. The van der Waals surface area contributed by atoms with Crippen LogP contribution in [0.2, 0.25) is 0 Å². The van der Waals surface area contributed by atoms with Crippen molar-refractivity contribution < 1.29 is 4.79 Å². The molecule has 0 bridgehead atoms. The molecule has 1 amide bonds. The zero-order chi connectivity index (χ0) is 11.5. The van der Waals surface area contributed by atoms with E-state index in [1.165, 1.54) is 6.20 Å². The van der Waals surface area contributed by atoms with Crippen LogP contribution in [0.1, 0.15) is 10.4 Å². The number of hydrogen-bond donors (Lipinski definition) is 3. The Balaban J connectivity index is 2.14. The standard InChI is InChI=1S/C10H9BrN4O/c11-6-1-3-7(4-2-6)14-10(16)8-5-13-15-9(8)12/h1-5H,(H,14,16)(H3,12,13,15). The number of hydrogen-bond acceptors (Lipinski definition) is 3. The largest absolute Gasteiger partial charge is 0.383 e. The van der Waals surface area contributed by atoms with Crippen molar-refractivity contribution in [2.45, 2.75) is 0 Å². The maximum absolute atomic E-state index is 11.7. The van der Waals surface area contributed by atoms with Crippen LogP contribution in [-0.4, -0.2) is 16.1 Å². The van der Waals surface area contributed by atoms with Crippen molar-refractivity contribution in [3.8, 4) is 0 Å². The molecule has 0 saturated heterocycles. The van der Waals surface area contributed by atoms with Gasteiger partial charge in [-0.2, -0.15) is 5.10 Å². The van der Waals surface area contributed by atoms with Crippen molar-refractivity contribution in [1.82, 2.24) is 10.2 Å². The average molecular weight is 281 g/mol. The van der Waals surface area contributed by atoms with E-state index in [0.29, 0.717) is 11.3 Å². The molecule has 1 heterocycles. The summed E-state index contributed by atoms with van der Waals surface area (Å²) < 4.78 is 0.952. The fraction of sp³-hybridized carbons (Fsp3) is 0.